The average molecular weight is 346 g/mol. The van der Waals surface area contributed by atoms with Gasteiger partial charge in [-0.2, -0.15) is 0 Å². The van der Waals surface area contributed by atoms with Gasteiger partial charge in [0.15, 0.2) is 0 Å². The number of carbonyl (C=O) groups excluding carboxylic acids is 2. The fraction of sp³-hybridized carbons (Fsp3) is 0.263. The van der Waals surface area contributed by atoms with Crippen LogP contribution in [0, 0.1) is 17.0 Å². The Hall–Kier alpha value is -2.76. The highest BCUT2D eigenvalue weighted by Crippen LogP contribution is 2.19. The van der Waals surface area contributed by atoms with Crippen molar-refractivity contribution in [3.63, 3.8) is 0 Å². The Bertz CT molecular complexity index is 741. The van der Waals surface area contributed by atoms with E-state index in [9.17, 15) is 18.4 Å². The summed E-state index contributed by atoms with van der Waals surface area (Å²) in [4.78, 5) is 24.6. The Kier molecular flexibility index (Phi) is 5.85. The van der Waals surface area contributed by atoms with Gasteiger partial charge in [0, 0.05) is 12.2 Å². The predicted molar refractivity (Wildman–Crippen MR) is 91.9 cm³/mol. The van der Waals surface area contributed by atoms with Gasteiger partial charge < -0.3 is 10.6 Å². The van der Waals surface area contributed by atoms with Gasteiger partial charge in [-0.25, -0.2) is 8.78 Å². The molecule has 0 heterocycles. The predicted octanol–water partition coefficient (Wildman–Crippen LogP) is 3.29. The van der Waals surface area contributed by atoms with Gasteiger partial charge in [0.05, 0.1) is 0 Å². The van der Waals surface area contributed by atoms with Crippen molar-refractivity contribution < 1.29 is 18.4 Å². The first-order valence-corrected chi connectivity index (χ1v) is 7.89. The molecule has 2 aromatic carbocycles. The van der Waals surface area contributed by atoms with Crippen molar-refractivity contribution in [2.24, 2.45) is 5.41 Å². The fourth-order valence-electron chi connectivity index (χ4n) is 2.12. The minimum atomic E-state index is -1.29. The first kappa shape index (κ1) is 18.6. The van der Waals surface area contributed by atoms with E-state index < -0.39 is 23.0 Å². The smallest absolute Gasteiger partial charge is 0.239 e. The highest BCUT2D eigenvalue weighted by atomic mass is 19.1. The molecule has 0 fully saturated rings. The van der Waals surface area contributed by atoms with E-state index in [0.717, 1.165) is 5.56 Å². The molecule has 2 aromatic rings. The normalized spacial score (nSPS) is 11.0. The molecular formula is C19H20F2N2O2. The molecule has 2 N–H and O–H groups in total. The third-order valence-electron chi connectivity index (χ3n) is 3.85. The molecule has 0 aliphatic carbocycles. The van der Waals surface area contributed by atoms with E-state index in [2.05, 4.69) is 10.6 Å². The summed E-state index contributed by atoms with van der Waals surface area (Å²) in [6.07, 6.45) is 0.529. The molecular weight excluding hydrogens is 326 g/mol. The average Bonchev–Trinajstić information content (AvgIpc) is 2.58. The number of benzene rings is 2. The van der Waals surface area contributed by atoms with Crippen molar-refractivity contribution in [1.82, 2.24) is 5.32 Å². The number of carbonyl (C=O) groups is 2. The van der Waals surface area contributed by atoms with Gasteiger partial charge in [-0.1, -0.05) is 12.1 Å². The number of halogens is 2. The first-order valence-electron chi connectivity index (χ1n) is 7.89. The second-order valence-corrected chi connectivity index (χ2v) is 6.22. The van der Waals surface area contributed by atoms with E-state index in [1.54, 1.807) is 12.1 Å². The van der Waals surface area contributed by atoms with E-state index in [1.165, 1.54) is 50.2 Å². The van der Waals surface area contributed by atoms with Crippen molar-refractivity contribution in [1.29, 1.82) is 0 Å². The van der Waals surface area contributed by atoms with Crippen LogP contribution in [0.4, 0.5) is 14.5 Å². The maximum atomic E-state index is 12.9. The molecule has 0 radical (unpaired) electrons. The molecule has 0 saturated carbocycles. The Labute approximate surface area is 145 Å². The summed E-state index contributed by atoms with van der Waals surface area (Å²) >= 11 is 0. The van der Waals surface area contributed by atoms with Gasteiger partial charge in [-0.05, 0) is 62.2 Å². The summed E-state index contributed by atoms with van der Waals surface area (Å²) in [5.41, 5.74) is 0.00541. The van der Waals surface area contributed by atoms with Crippen molar-refractivity contribution in [3.8, 4) is 0 Å². The Morgan fingerprint density at radius 3 is 1.96 bits per heavy atom. The maximum Gasteiger partial charge on any atom is 0.239 e. The number of anilines is 1. The molecule has 0 aliphatic heterocycles. The Morgan fingerprint density at radius 1 is 0.880 bits per heavy atom. The molecule has 0 bridgehead atoms. The molecule has 0 saturated heterocycles. The highest BCUT2D eigenvalue weighted by Gasteiger charge is 2.35. The standard InChI is InChI=1S/C19H20F2N2O2/c1-19(2,18(25)23-16-9-7-15(21)8-10-16)17(24)22-12-11-13-3-5-14(20)6-4-13/h3-10H,11-12H2,1-2H3,(H,22,24)(H,23,25). The fourth-order valence-corrected chi connectivity index (χ4v) is 2.12. The van der Waals surface area contributed by atoms with Crippen LogP contribution in [0.1, 0.15) is 19.4 Å². The number of hydrogen-bond donors (Lipinski definition) is 2. The van der Waals surface area contributed by atoms with E-state index >= 15 is 0 Å². The van der Waals surface area contributed by atoms with Gasteiger partial charge >= 0.3 is 0 Å². The lowest BCUT2D eigenvalue weighted by molar-refractivity contribution is -0.138. The monoisotopic (exact) mass is 346 g/mol. The third-order valence-corrected chi connectivity index (χ3v) is 3.85. The lowest BCUT2D eigenvalue weighted by Gasteiger charge is -2.22. The molecule has 0 aliphatic rings. The molecule has 2 rings (SSSR count). The lowest BCUT2D eigenvalue weighted by Crippen LogP contribution is -2.45. The molecule has 2 amide bonds. The number of hydrogen-bond acceptors (Lipinski definition) is 2. The van der Waals surface area contributed by atoms with Crippen LogP contribution in [0.2, 0.25) is 0 Å². The minimum Gasteiger partial charge on any atom is -0.355 e. The van der Waals surface area contributed by atoms with Crippen LogP contribution in [0.5, 0.6) is 0 Å². The van der Waals surface area contributed by atoms with Crippen LogP contribution in [-0.2, 0) is 16.0 Å². The summed E-state index contributed by atoms with van der Waals surface area (Å²) in [7, 11) is 0. The first-order chi connectivity index (χ1) is 11.8. The molecule has 132 valence electrons. The minimum absolute atomic E-state index is 0.314. The van der Waals surface area contributed by atoms with Crippen LogP contribution >= 0.6 is 0 Å². The van der Waals surface area contributed by atoms with E-state index in [4.69, 9.17) is 0 Å². The Balaban J connectivity index is 1.88. The van der Waals surface area contributed by atoms with Gasteiger partial charge in [0.1, 0.15) is 17.0 Å². The second-order valence-electron chi connectivity index (χ2n) is 6.22. The zero-order valence-corrected chi connectivity index (χ0v) is 14.1. The van der Waals surface area contributed by atoms with Gasteiger partial charge in [-0.3, -0.25) is 9.59 Å². The Morgan fingerprint density at radius 2 is 1.40 bits per heavy atom. The molecule has 0 atom stereocenters. The van der Waals surface area contributed by atoms with Crippen LogP contribution in [-0.4, -0.2) is 18.4 Å². The summed E-state index contributed by atoms with van der Waals surface area (Å²) in [5.74, 6) is -1.63. The molecule has 25 heavy (non-hydrogen) atoms. The topological polar surface area (TPSA) is 58.2 Å². The van der Waals surface area contributed by atoms with Gasteiger partial charge in [0.25, 0.3) is 0 Å². The molecule has 0 unspecified atom stereocenters. The number of nitrogens with one attached hydrogen (secondary N) is 2. The van der Waals surface area contributed by atoms with Crippen LogP contribution < -0.4 is 10.6 Å². The summed E-state index contributed by atoms with van der Waals surface area (Å²) in [6, 6.07) is 11.3. The quantitative estimate of drug-likeness (QED) is 0.789. The zero-order valence-electron chi connectivity index (χ0n) is 14.1. The molecule has 0 spiro atoms. The summed E-state index contributed by atoms with van der Waals surface area (Å²) in [6.45, 7) is 3.36. The third kappa shape index (κ3) is 5.11. The zero-order chi connectivity index (χ0) is 18.4. The lowest BCUT2D eigenvalue weighted by atomic mass is 9.91. The van der Waals surface area contributed by atoms with Crippen molar-refractivity contribution in [3.05, 3.63) is 65.7 Å². The molecule has 0 aromatic heterocycles. The van der Waals surface area contributed by atoms with E-state index in [0.29, 0.717) is 18.7 Å². The SMILES string of the molecule is CC(C)(C(=O)NCCc1ccc(F)cc1)C(=O)Nc1ccc(F)cc1. The summed E-state index contributed by atoms with van der Waals surface area (Å²) in [5, 5.41) is 5.30. The van der Waals surface area contributed by atoms with Crippen molar-refractivity contribution in [2.45, 2.75) is 20.3 Å². The van der Waals surface area contributed by atoms with E-state index in [1.807, 2.05) is 0 Å². The van der Waals surface area contributed by atoms with Crippen LogP contribution in [0.15, 0.2) is 48.5 Å². The molecule has 4 nitrogen and oxygen atoms in total. The number of amides is 2. The van der Waals surface area contributed by atoms with Gasteiger partial charge in [0.2, 0.25) is 11.8 Å². The summed E-state index contributed by atoms with van der Waals surface area (Å²) < 4.78 is 25.7. The van der Waals surface area contributed by atoms with Crippen molar-refractivity contribution in [2.75, 3.05) is 11.9 Å². The highest BCUT2D eigenvalue weighted by molar-refractivity contribution is 6.09. The van der Waals surface area contributed by atoms with E-state index in [-0.39, 0.29) is 5.82 Å². The largest absolute Gasteiger partial charge is 0.355 e. The number of rotatable bonds is 6. The maximum absolute atomic E-state index is 12.9. The molecule has 6 heteroatoms. The van der Waals surface area contributed by atoms with Crippen LogP contribution in [0.3, 0.4) is 0 Å². The van der Waals surface area contributed by atoms with Crippen molar-refractivity contribution >= 4 is 17.5 Å². The van der Waals surface area contributed by atoms with Crippen LogP contribution in [0.25, 0.3) is 0 Å². The second kappa shape index (κ2) is 7.88. The van der Waals surface area contributed by atoms with Gasteiger partial charge in [-0.15, -0.1) is 0 Å².